The number of piperazine rings is 1. The van der Waals surface area contributed by atoms with Gasteiger partial charge in [-0.1, -0.05) is 17.3 Å². The minimum atomic E-state index is -0.582. The fourth-order valence-electron chi connectivity index (χ4n) is 2.99. The number of hydrogen-bond donors (Lipinski definition) is 2. The van der Waals surface area contributed by atoms with E-state index in [1.165, 1.54) is 11.3 Å². The molecule has 1 aromatic carbocycles. The molecule has 3 rings (SSSR count). The van der Waals surface area contributed by atoms with Gasteiger partial charge in [-0.2, -0.15) is 0 Å². The van der Waals surface area contributed by atoms with Gasteiger partial charge in [0.05, 0.1) is 6.54 Å². The molecule has 0 unspecified atom stereocenters. The Kier molecular flexibility index (Phi) is 5.06. The Labute approximate surface area is 146 Å². The van der Waals surface area contributed by atoms with Crippen molar-refractivity contribution in [2.45, 2.75) is 19.4 Å². The zero-order valence-electron chi connectivity index (χ0n) is 14.3. The van der Waals surface area contributed by atoms with Crippen LogP contribution in [0.5, 0.6) is 0 Å². The normalized spacial score (nSPS) is 20.0. The van der Waals surface area contributed by atoms with Crippen LogP contribution in [-0.4, -0.2) is 61.4 Å². The van der Waals surface area contributed by atoms with E-state index in [2.05, 4.69) is 40.5 Å². The Morgan fingerprint density at radius 3 is 2.72 bits per heavy atom. The summed E-state index contributed by atoms with van der Waals surface area (Å²) < 4.78 is 0. The lowest BCUT2D eigenvalue weighted by Gasteiger charge is -2.36. The highest BCUT2D eigenvalue weighted by atomic mass is 16.6. The van der Waals surface area contributed by atoms with E-state index in [0.29, 0.717) is 26.1 Å². The van der Waals surface area contributed by atoms with Crippen molar-refractivity contribution in [1.29, 1.82) is 0 Å². The van der Waals surface area contributed by atoms with Gasteiger partial charge in [0.2, 0.25) is 0 Å². The van der Waals surface area contributed by atoms with Gasteiger partial charge in [-0.3, -0.25) is 4.79 Å². The molecule has 1 aromatic rings. The van der Waals surface area contributed by atoms with E-state index in [0.717, 1.165) is 13.1 Å². The maximum atomic E-state index is 12.3. The summed E-state index contributed by atoms with van der Waals surface area (Å²) in [5.41, 5.74) is 7.79. The number of carbonyl (C=O) groups excluding carboxylic acids is 2. The third-order valence-electron chi connectivity index (χ3n) is 4.43. The van der Waals surface area contributed by atoms with Crippen LogP contribution in [0.2, 0.25) is 0 Å². The molecule has 25 heavy (non-hydrogen) atoms. The van der Waals surface area contributed by atoms with E-state index in [9.17, 15) is 9.59 Å². The number of nitrogens with two attached hydrogens (primary N) is 1. The summed E-state index contributed by atoms with van der Waals surface area (Å²) in [4.78, 5) is 32.5. The number of primary amides is 1. The van der Waals surface area contributed by atoms with E-state index in [4.69, 9.17) is 10.6 Å². The van der Waals surface area contributed by atoms with Gasteiger partial charge in [-0.25, -0.2) is 4.79 Å². The third-order valence-corrected chi connectivity index (χ3v) is 4.43. The number of nitrogens with zero attached hydrogens (tertiary/aromatic N) is 3. The summed E-state index contributed by atoms with van der Waals surface area (Å²) in [5.74, 6) is -0.582. The van der Waals surface area contributed by atoms with Gasteiger partial charge in [0.1, 0.15) is 5.71 Å². The van der Waals surface area contributed by atoms with Crippen LogP contribution in [0.25, 0.3) is 0 Å². The maximum absolute atomic E-state index is 12.3. The lowest BCUT2D eigenvalue weighted by atomic mass is 10.2. The number of anilines is 1. The highest BCUT2D eigenvalue weighted by Gasteiger charge is 2.26. The maximum Gasteiger partial charge on any atom is 0.317 e. The number of oxime groups is 1. The molecule has 0 aromatic heterocycles. The van der Waals surface area contributed by atoms with Crippen molar-refractivity contribution in [3.8, 4) is 0 Å². The van der Waals surface area contributed by atoms with E-state index in [1.54, 1.807) is 4.90 Å². The van der Waals surface area contributed by atoms with Crippen molar-refractivity contribution in [2.75, 3.05) is 37.6 Å². The molecule has 3 N–H and O–H groups in total. The molecule has 2 heterocycles. The average molecular weight is 345 g/mol. The average Bonchev–Trinajstić information content (AvgIpc) is 3.09. The summed E-state index contributed by atoms with van der Waals surface area (Å²) in [6.07, 6.45) is -0.00319. The third kappa shape index (κ3) is 4.20. The molecule has 0 radical (unpaired) electrons. The molecule has 8 heteroatoms. The van der Waals surface area contributed by atoms with Crippen LogP contribution in [0, 0.1) is 6.92 Å². The number of benzene rings is 1. The fourth-order valence-corrected chi connectivity index (χ4v) is 2.99. The first kappa shape index (κ1) is 17.1. The smallest absolute Gasteiger partial charge is 0.317 e. The molecule has 1 saturated heterocycles. The summed E-state index contributed by atoms with van der Waals surface area (Å²) in [6, 6.07) is 8.25. The molecular weight excluding hydrogens is 322 g/mol. The monoisotopic (exact) mass is 345 g/mol. The van der Waals surface area contributed by atoms with Crippen LogP contribution in [0.4, 0.5) is 10.5 Å². The van der Waals surface area contributed by atoms with Gasteiger partial charge in [-0.05, 0) is 24.6 Å². The van der Waals surface area contributed by atoms with Crippen LogP contribution in [0.3, 0.4) is 0 Å². The lowest BCUT2D eigenvalue weighted by Crippen LogP contribution is -2.52. The number of carbonyl (C=O) groups is 2. The van der Waals surface area contributed by atoms with Gasteiger partial charge in [-0.15, -0.1) is 0 Å². The number of rotatable bonds is 4. The van der Waals surface area contributed by atoms with Crippen LogP contribution in [-0.2, 0) is 9.63 Å². The van der Waals surface area contributed by atoms with Crippen molar-refractivity contribution in [3.05, 3.63) is 29.8 Å². The minimum Gasteiger partial charge on any atom is -0.390 e. The summed E-state index contributed by atoms with van der Waals surface area (Å²) in [6.45, 7) is 5.29. The van der Waals surface area contributed by atoms with Gasteiger partial charge < -0.3 is 25.7 Å². The van der Waals surface area contributed by atoms with Gasteiger partial charge in [0, 0.05) is 38.3 Å². The zero-order chi connectivity index (χ0) is 17.8. The molecule has 8 nitrogen and oxygen atoms in total. The van der Waals surface area contributed by atoms with Crippen molar-refractivity contribution in [2.24, 2.45) is 10.9 Å². The van der Waals surface area contributed by atoms with Gasteiger partial charge in [0.25, 0.3) is 5.91 Å². The second kappa shape index (κ2) is 7.42. The van der Waals surface area contributed by atoms with Crippen LogP contribution in [0.15, 0.2) is 29.4 Å². The van der Waals surface area contributed by atoms with Crippen LogP contribution in [0.1, 0.15) is 12.0 Å². The molecule has 0 saturated carbocycles. The number of aryl methyl sites for hydroxylation is 1. The van der Waals surface area contributed by atoms with Crippen molar-refractivity contribution >= 4 is 23.3 Å². The Balaban J connectivity index is 1.42. The molecule has 0 spiro atoms. The standard InChI is InChI=1S/C17H23N5O3/c1-12-3-2-4-13(9-12)21-5-7-22(8-6-21)17(24)19-11-14-10-15(16(18)23)20-25-14/h2-4,9,14H,5-8,10-11H2,1H3,(H2,18,23)(H,19,24)/t14-/m0/s1. The van der Waals surface area contributed by atoms with Gasteiger partial charge >= 0.3 is 6.03 Å². The predicted molar refractivity (Wildman–Crippen MR) is 94.5 cm³/mol. The molecule has 3 amide bonds. The number of amides is 3. The minimum absolute atomic E-state index is 0.125. The lowest BCUT2D eigenvalue weighted by molar-refractivity contribution is -0.112. The number of hydrogen-bond acceptors (Lipinski definition) is 5. The second-order valence-electron chi connectivity index (χ2n) is 6.33. The Morgan fingerprint density at radius 1 is 1.32 bits per heavy atom. The zero-order valence-corrected chi connectivity index (χ0v) is 14.3. The molecule has 1 fully saturated rings. The van der Waals surface area contributed by atoms with E-state index in [-0.39, 0.29) is 17.8 Å². The quantitative estimate of drug-likeness (QED) is 0.828. The molecule has 2 aliphatic heterocycles. The molecular formula is C17H23N5O3. The van der Waals surface area contributed by atoms with E-state index in [1.807, 2.05) is 6.07 Å². The number of urea groups is 1. The topological polar surface area (TPSA) is 100 Å². The molecule has 134 valence electrons. The SMILES string of the molecule is Cc1cccc(N2CCN(C(=O)NC[C@@H]3CC(C(N)=O)=NO3)CC2)c1. The van der Waals surface area contributed by atoms with E-state index < -0.39 is 5.91 Å². The Hall–Kier alpha value is -2.77. The first-order valence-corrected chi connectivity index (χ1v) is 8.40. The highest BCUT2D eigenvalue weighted by Crippen LogP contribution is 2.18. The fraction of sp³-hybridized carbons (Fsp3) is 0.471. The van der Waals surface area contributed by atoms with Crippen LogP contribution >= 0.6 is 0 Å². The van der Waals surface area contributed by atoms with Crippen molar-refractivity contribution < 1.29 is 14.4 Å². The predicted octanol–water partition coefficient (Wildman–Crippen LogP) is 0.457. The first-order chi connectivity index (χ1) is 12.0. The molecule has 0 aliphatic carbocycles. The highest BCUT2D eigenvalue weighted by molar-refractivity contribution is 6.38. The molecule has 1 atom stereocenters. The summed E-state index contributed by atoms with van der Waals surface area (Å²) in [7, 11) is 0. The Morgan fingerprint density at radius 2 is 2.08 bits per heavy atom. The summed E-state index contributed by atoms with van der Waals surface area (Å²) in [5, 5.41) is 6.46. The molecule has 2 aliphatic rings. The van der Waals surface area contributed by atoms with Crippen molar-refractivity contribution in [3.63, 3.8) is 0 Å². The van der Waals surface area contributed by atoms with Crippen LogP contribution < -0.4 is 16.0 Å². The first-order valence-electron chi connectivity index (χ1n) is 8.40. The second-order valence-corrected chi connectivity index (χ2v) is 6.33. The number of nitrogens with one attached hydrogen (secondary N) is 1. The Bertz CT molecular complexity index is 683. The van der Waals surface area contributed by atoms with Gasteiger partial charge in [0.15, 0.2) is 6.10 Å². The van der Waals surface area contributed by atoms with Crippen molar-refractivity contribution in [1.82, 2.24) is 10.2 Å². The largest absolute Gasteiger partial charge is 0.390 e. The molecule has 0 bridgehead atoms. The van der Waals surface area contributed by atoms with E-state index >= 15 is 0 Å². The summed E-state index contributed by atoms with van der Waals surface area (Å²) >= 11 is 0.